The summed E-state index contributed by atoms with van der Waals surface area (Å²) in [6, 6.07) is 9.87. The van der Waals surface area contributed by atoms with Crippen molar-refractivity contribution in [1.82, 2.24) is 4.72 Å². The third-order valence-electron chi connectivity index (χ3n) is 2.96. The smallest absolute Gasteiger partial charge is 0.305 e. The zero-order valence-electron chi connectivity index (χ0n) is 12.8. The Balaban J connectivity index is 2.09. The van der Waals surface area contributed by atoms with Gasteiger partial charge in [0.1, 0.15) is 0 Å². The Kier molecular flexibility index (Phi) is 9.19. The van der Waals surface area contributed by atoms with Crippen molar-refractivity contribution in [1.29, 1.82) is 0 Å². The van der Waals surface area contributed by atoms with Crippen LogP contribution in [0, 0.1) is 0 Å². The van der Waals surface area contributed by atoms with Gasteiger partial charge in [-0.3, -0.25) is 4.79 Å². The second kappa shape index (κ2) is 10.6. The molecule has 0 aliphatic heterocycles. The predicted molar refractivity (Wildman–Crippen MR) is 89.4 cm³/mol. The van der Waals surface area contributed by atoms with E-state index in [2.05, 4.69) is 9.46 Å². The highest BCUT2D eigenvalue weighted by Gasteiger charge is 2.09. The Morgan fingerprint density at radius 3 is 2.59 bits per heavy atom. The molecule has 0 aliphatic rings. The van der Waals surface area contributed by atoms with Gasteiger partial charge in [-0.2, -0.15) is 0 Å². The summed E-state index contributed by atoms with van der Waals surface area (Å²) in [7, 11) is -1.87. The average molecular weight is 345 g/mol. The molecule has 0 aromatic heterocycles. The molecule has 0 fully saturated rings. The van der Waals surface area contributed by atoms with E-state index in [-0.39, 0.29) is 11.7 Å². The zero-order valence-corrected chi connectivity index (χ0v) is 14.4. The maximum atomic E-state index is 11.8. The molecule has 0 bridgehead atoms. The molecule has 0 amide bonds. The minimum Gasteiger partial charge on any atom is -0.469 e. The van der Waals surface area contributed by atoms with Crippen LogP contribution in [0.15, 0.2) is 35.2 Å². The topological polar surface area (TPSA) is 72.5 Å². The van der Waals surface area contributed by atoms with E-state index in [1.54, 1.807) is 11.8 Å². The largest absolute Gasteiger partial charge is 0.469 e. The molecule has 0 saturated heterocycles. The first-order valence-electron chi connectivity index (χ1n) is 7.25. The molecule has 0 atom stereocenters. The van der Waals surface area contributed by atoms with Crippen LogP contribution in [-0.4, -0.2) is 39.5 Å². The summed E-state index contributed by atoms with van der Waals surface area (Å²) in [4.78, 5) is 12.0. The molecule has 1 rings (SSSR count). The van der Waals surface area contributed by atoms with E-state index < -0.39 is 10.0 Å². The Hall–Kier alpha value is -1.05. The van der Waals surface area contributed by atoms with E-state index in [0.29, 0.717) is 38.0 Å². The number of hydrogen-bond donors (Lipinski definition) is 1. The number of rotatable bonds is 11. The van der Waals surface area contributed by atoms with Crippen LogP contribution in [0.25, 0.3) is 0 Å². The van der Waals surface area contributed by atoms with E-state index in [1.165, 1.54) is 7.11 Å². The van der Waals surface area contributed by atoms with E-state index >= 15 is 0 Å². The number of unbranched alkanes of at least 4 members (excludes halogenated alkanes) is 2. The van der Waals surface area contributed by atoms with Gasteiger partial charge in [-0.15, -0.1) is 11.8 Å². The van der Waals surface area contributed by atoms with E-state index in [4.69, 9.17) is 0 Å². The van der Waals surface area contributed by atoms with Crippen molar-refractivity contribution in [2.24, 2.45) is 0 Å². The third-order valence-corrected chi connectivity index (χ3v) is 5.44. The summed E-state index contributed by atoms with van der Waals surface area (Å²) in [5.74, 6) is 0.550. The second-order valence-corrected chi connectivity index (χ2v) is 7.86. The predicted octanol–water partition coefficient (Wildman–Crippen LogP) is 2.43. The second-order valence-electron chi connectivity index (χ2n) is 4.76. The maximum Gasteiger partial charge on any atom is 0.305 e. The lowest BCUT2D eigenvalue weighted by Gasteiger charge is -2.06. The lowest BCUT2D eigenvalue weighted by atomic mass is 10.2. The van der Waals surface area contributed by atoms with Gasteiger partial charge in [0.05, 0.1) is 12.9 Å². The number of esters is 1. The van der Waals surface area contributed by atoms with Crippen LogP contribution >= 0.6 is 11.8 Å². The van der Waals surface area contributed by atoms with E-state index in [0.717, 1.165) is 4.90 Å². The number of benzene rings is 1. The van der Waals surface area contributed by atoms with Gasteiger partial charge in [0.2, 0.25) is 10.0 Å². The van der Waals surface area contributed by atoms with Crippen LogP contribution in [0.5, 0.6) is 0 Å². The molecule has 0 unspecified atom stereocenters. The van der Waals surface area contributed by atoms with Gasteiger partial charge in [0.15, 0.2) is 0 Å². The summed E-state index contributed by atoms with van der Waals surface area (Å²) >= 11 is 1.62. The van der Waals surface area contributed by atoms with Gasteiger partial charge in [0, 0.05) is 23.6 Å². The lowest BCUT2D eigenvalue weighted by molar-refractivity contribution is -0.140. The molecule has 1 aromatic rings. The molecular formula is C15H23NO4S2. The highest BCUT2D eigenvalue weighted by Crippen LogP contribution is 2.15. The molecule has 5 nitrogen and oxygen atoms in total. The molecule has 0 heterocycles. The average Bonchev–Trinajstić information content (AvgIpc) is 2.52. The minimum atomic E-state index is -3.22. The van der Waals surface area contributed by atoms with Crippen molar-refractivity contribution in [3.8, 4) is 0 Å². The van der Waals surface area contributed by atoms with Gasteiger partial charge in [-0.05, 0) is 25.0 Å². The summed E-state index contributed by atoms with van der Waals surface area (Å²) in [6.45, 7) is 0.421. The molecule has 1 aromatic carbocycles. The first-order chi connectivity index (χ1) is 10.5. The number of sulfonamides is 1. The van der Waals surface area contributed by atoms with Crippen molar-refractivity contribution >= 4 is 27.8 Å². The van der Waals surface area contributed by atoms with Crippen molar-refractivity contribution in [3.63, 3.8) is 0 Å². The number of ether oxygens (including phenoxy) is 1. The van der Waals surface area contributed by atoms with Gasteiger partial charge < -0.3 is 4.74 Å². The molecular weight excluding hydrogens is 322 g/mol. The highest BCUT2D eigenvalue weighted by atomic mass is 32.2. The molecule has 1 N–H and O–H groups in total. The normalized spacial score (nSPS) is 11.3. The molecule has 124 valence electrons. The third kappa shape index (κ3) is 9.07. The van der Waals surface area contributed by atoms with Crippen molar-refractivity contribution < 1.29 is 17.9 Å². The van der Waals surface area contributed by atoms with Gasteiger partial charge in [-0.25, -0.2) is 13.1 Å². The summed E-state index contributed by atoms with van der Waals surface area (Å²) < 4.78 is 30.7. The first-order valence-corrected chi connectivity index (χ1v) is 9.89. The highest BCUT2D eigenvalue weighted by molar-refractivity contribution is 7.99. The minimum absolute atomic E-state index is 0.101. The maximum absolute atomic E-state index is 11.8. The van der Waals surface area contributed by atoms with Crippen LogP contribution < -0.4 is 4.72 Å². The van der Waals surface area contributed by atoms with Crippen LogP contribution in [0.1, 0.15) is 25.7 Å². The quantitative estimate of drug-likeness (QED) is 0.379. The van der Waals surface area contributed by atoms with Gasteiger partial charge in [0.25, 0.3) is 0 Å². The van der Waals surface area contributed by atoms with E-state index in [9.17, 15) is 13.2 Å². The lowest BCUT2D eigenvalue weighted by Crippen LogP contribution is -2.28. The fraction of sp³-hybridized carbons (Fsp3) is 0.533. The summed E-state index contributed by atoms with van der Waals surface area (Å²) in [5.41, 5.74) is 0. The van der Waals surface area contributed by atoms with Crippen molar-refractivity contribution in [3.05, 3.63) is 30.3 Å². The van der Waals surface area contributed by atoms with Crippen LogP contribution in [0.2, 0.25) is 0 Å². The Bertz CT molecular complexity index is 532. The zero-order chi connectivity index (χ0) is 16.3. The number of carbonyl (C=O) groups excluding carboxylic acids is 1. The van der Waals surface area contributed by atoms with Gasteiger partial charge in [-0.1, -0.05) is 24.6 Å². The van der Waals surface area contributed by atoms with Crippen LogP contribution in [0.3, 0.4) is 0 Å². The van der Waals surface area contributed by atoms with Crippen LogP contribution in [-0.2, 0) is 19.6 Å². The SMILES string of the molecule is COC(=O)CCCCCS(=O)(=O)NCCSc1ccccc1. The standard InChI is InChI=1S/C15H23NO4S2/c1-20-15(17)10-6-3-7-13-22(18,19)16-11-12-21-14-8-4-2-5-9-14/h2,4-5,8-9,16H,3,6-7,10-13H2,1H3. The molecule has 0 radical (unpaired) electrons. The van der Waals surface area contributed by atoms with Crippen molar-refractivity contribution in [2.45, 2.75) is 30.6 Å². The first kappa shape index (κ1) is 19.0. The van der Waals surface area contributed by atoms with Crippen molar-refractivity contribution in [2.75, 3.05) is 25.2 Å². The van der Waals surface area contributed by atoms with E-state index in [1.807, 2.05) is 30.3 Å². The monoisotopic (exact) mass is 345 g/mol. The molecule has 7 heteroatoms. The Labute approximate surface area is 136 Å². The fourth-order valence-electron chi connectivity index (χ4n) is 1.80. The summed E-state index contributed by atoms with van der Waals surface area (Å²) in [6.07, 6.45) is 2.26. The molecule has 0 aliphatic carbocycles. The number of hydrogen-bond acceptors (Lipinski definition) is 5. The number of thioether (sulfide) groups is 1. The number of methoxy groups -OCH3 is 1. The van der Waals surface area contributed by atoms with Crippen LogP contribution in [0.4, 0.5) is 0 Å². The molecule has 0 saturated carbocycles. The Morgan fingerprint density at radius 1 is 1.18 bits per heavy atom. The molecule has 0 spiro atoms. The Morgan fingerprint density at radius 2 is 1.91 bits per heavy atom. The summed E-state index contributed by atoms with van der Waals surface area (Å²) in [5, 5.41) is 0. The molecule has 22 heavy (non-hydrogen) atoms. The fourth-order valence-corrected chi connectivity index (χ4v) is 3.86. The van der Waals surface area contributed by atoms with Gasteiger partial charge >= 0.3 is 5.97 Å². The number of carbonyl (C=O) groups is 1. The number of nitrogens with one attached hydrogen (secondary N) is 1.